The molecule has 0 bridgehead atoms. The van der Waals surface area contributed by atoms with Crippen molar-refractivity contribution in [1.82, 2.24) is 5.32 Å². The van der Waals surface area contributed by atoms with Gasteiger partial charge >= 0.3 is 0 Å². The van der Waals surface area contributed by atoms with E-state index in [9.17, 15) is 9.59 Å². The summed E-state index contributed by atoms with van der Waals surface area (Å²) < 4.78 is 11.0. The fourth-order valence-electron chi connectivity index (χ4n) is 2.77. The largest absolute Gasteiger partial charge is 0.486 e. The van der Waals surface area contributed by atoms with Crippen LogP contribution in [-0.4, -0.2) is 35.4 Å². The molecule has 2 aliphatic heterocycles. The molecule has 2 aromatic rings. The van der Waals surface area contributed by atoms with Crippen molar-refractivity contribution in [1.29, 1.82) is 0 Å². The molecule has 2 aliphatic rings. The maximum absolute atomic E-state index is 12.3. The van der Waals surface area contributed by atoms with E-state index in [2.05, 4.69) is 15.6 Å². The topological polar surface area (TPSA) is 89.0 Å². The Labute approximate surface area is 180 Å². The van der Waals surface area contributed by atoms with Crippen molar-refractivity contribution >= 4 is 63.3 Å². The second-order valence-corrected chi connectivity index (χ2v) is 8.23. The third-order valence-corrected chi connectivity index (χ3v) is 5.93. The Hall–Kier alpha value is -2.42. The van der Waals surface area contributed by atoms with Crippen LogP contribution in [0.3, 0.4) is 0 Å². The number of benzene rings is 2. The van der Waals surface area contributed by atoms with E-state index in [4.69, 9.17) is 32.7 Å². The summed E-state index contributed by atoms with van der Waals surface area (Å²) in [5, 5.41) is 6.00. The van der Waals surface area contributed by atoms with Gasteiger partial charge in [-0.3, -0.25) is 9.59 Å². The highest BCUT2D eigenvalue weighted by Gasteiger charge is 2.32. The molecule has 0 saturated carbocycles. The molecule has 2 aromatic carbocycles. The number of thioether (sulfide) groups is 1. The van der Waals surface area contributed by atoms with Gasteiger partial charge < -0.3 is 20.1 Å². The number of halogens is 2. The summed E-state index contributed by atoms with van der Waals surface area (Å²) >= 11 is 13.0. The first-order valence-corrected chi connectivity index (χ1v) is 10.3. The number of amides is 2. The summed E-state index contributed by atoms with van der Waals surface area (Å²) in [6.07, 6.45) is -0.00307. The van der Waals surface area contributed by atoms with E-state index in [1.807, 2.05) is 0 Å². The van der Waals surface area contributed by atoms with Crippen LogP contribution in [0.1, 0.15) is 6.42 Å². The number of fused-ring (bicyclic) bond motifs is 1. The molecule has 2 N–H and O–H groups in total. The average Bonchev–Trinajstić information content (AvgIpc) is 3.03. The van der Waals surface area contributed by atoms with Gasteiger partial charge in [0, 0.05) is 18.2 Å². The first kappa shape index (κ1) is 19.9. The number of rotatable bonds is 4. The predicted molar refractivity (Wildman–Crippen MR) is 114 cm³/mol. The predicted octanol–water partition coefficient (Wildman–Crippen LogP) is 4.01. The van der Waals surface area contributed by atoms with Crippen molar-refractivity contribution in [3.63, 3.8) is 0 Å². The standard InChI is InChI=1S/C19H15Cl2N3O4S/c20-12-3-1-10(7-13(12)21)22-17(25)9-16-18(26)24-19(29-16)23-11-2-4-14-15(8-11)28-6-5-27-14/h1-4,7-8,16H,5-6,9H2,(H,22,25)(H,23,24,26)/t16-/m0/s1. The molecule has 1 atom stereocenters. The number of nitrogens with one attached hydrogen (secondary N) is 2. The Balaban J connectivity index is 1.39. The van der Waals surface area contributed by atoms with Gasteiger partial charge in [0.2, 0.25) is 11.8 Å². The van der Waals surface area contributed by atoms with Gasteiger partial charge in [-0.2, -0.15) is 0 Å². The number of hydrogen-bond donors (Lipinski definition) is 2. The van der Waals surface area contributed by atoms with Crippen molar-refractivity contribution in [3.8, 4) is 11.5 Å². The molecule has 1 fully saturated rings. The van der Waals surface area contributed by atoms with Crippen LogP contribution in [0.5, 0.6) is 11.5 Å². The Bertz CT molecular complexity index is 1010. The van der Waals surface area contributed by atoms with E-state index in [1.54, 1.807) is 36.4 Å². The molecular formula is C19H15Cl2N3O4S. The van der Waals surface area contributed by atoms with Crippen LogP contribution in [0.15, 0.2) is 41.4 Å². The van der Waals surface area contributed by atoms with Gasteiger partial charge in [-0.1, -0.05) is 35.0 Å². The lowest BCUT2D eigenvalue weighted by Crippen LogP contribution is -2.28. The van der Waals surface area contributed by atoms with E-state index < -0.39 is 5.25 Å². The molecule has 2 heterocycles. The van der Waals surface area contributed by atoms with E-state index >= 15 is 0 Å². The highest BCUT2D eigenvalue weighted by atomic mass is 35.5. The molecule has 0 radical (unpaired) electrons. The highest BCUT2D eigenvalue weighted by Crippen LogP contribution is 2.35. The average molecular weight is 452 g/mol. The lowest BCUT2D eigenvalue weighted by atomic mass is 10.2. The Morgan fingerprint density at radius 2 is 1.93 bits per heavy atom. The zero-order valence-electron chi connectivity index (χ0n) is 14.9. The molecule has 29 heavy (non-hydrogen) atoms. The molecule has 0 aromatic heterocycles. The Morgan fingerprint density at radius 1 is 1.14 bits per heavy atom. The molecule has 10 heteroatoms. The lowest BCUT2D eigenvalue weighted by Gasteiger charge is -2.18. The smallest absolute Gasteiger partial charge is 0.240 e. The number of hydrogen-bond acceptors (Lipinski definition) is 6. The van der Waals surface area contributed by atoms with Crippen LogP contribution in [0, 0.1) is 0 Å². The minimum Gasteiger partial charge on any atom is -0.486 e. The highest BCUT2D eigenvalue weighted by molar-refractivity contribution is 8.15. The lowest BCUT2D eigenvalue weighted by molar-refractivity contribution is -0.122. The Kier molecular flexibility index (Phi) is 5.84. The van der Waals surface area contributed by atoms with Crippen LogP contribution >= 0.6 is 35.0 Å². The zero-order chi connectivity index (χ0) is 20.4. The number of ether oxygens (including phenoxy) is 2. The van der Waals surface area contributed by atoms with Crippen molar-refractivity contribution in [2.75, 3.05) is 18.5 Å². The summed E-state index contributed by atoms with van der Waals surface area (Å²) in [6, 6.07) is 10.1. The fourth-order valence-corrected chi connectivity index (χ4v) is 4.05. The minimum absolute atomic E-state index is 0.00307. The second kappa shape index (κ2) is 8.52. The number of anilines is 1. The fraction of sp³-hybridized carbons (Fsp3) is 0.211. The van der Waals surface area contributed by atoms with E-state index in [0.717, 1.165) is 0 Å². The van der Waals surface area contributed by atoms with Gasteiger partial charge in [0.05, 0.1) is 15.7 Å². The number of aliphatic imine (C=N–C) groups is 1. The first-order valence-electron chi connectivity index (χ1n) is 8.69. The molecular weight excluding hydrogens is 437 g/mol. The van der Waals surface area contributed by atoms with E-state index in [1.165, 1.54) is 11.8 Å². The van der Waals surface area contributed by atoms with Crippen molar-refractivity contribution < 1.29 is 19.1 Å². The van der Waals surface area contributed by atoms with Crippen LogP contribution < -0.4 is 20.1 Å². The summed E-state index contributed by atoms with van der Waals surface area (Å²) in [5.41, 5.74) is 1.14. The van der Waals surface area contributed by atoms with Gasteiger partial charge in [0.1, 0.15) is 18.5 Å². The summed E-state index contributed by atoms with van der Waals surface area (Å²) in [7, 11) is 0. The van der Waals surface area contributed by atoms with Crippen molar-refractivity contribution in [2.45, 2.75) is 11.7 Å². The number of carbonyl (C=O) groups excluding carboxylic acids is 2. The maximum Gasteiger partial charge on any atom is 0.240 e. The molecule has 0 spiro atoms. The molecule has 150 valence electrons. The van der Waals surface area contributed by atoms with Crippen molar-refractivity contribution in [2.24, 2.45) is 4.99 Å². The number of nitrogens with zero attached hydrogens (tertiary/aromatic N) is 1. The normalized spacial score (nSPS) is 19.2. The third kappa shape index (κ3) is 4.77. The van der Waals surface area contributed by atoms with Crippen LogP contribution in [-0.2, 0) is 9.59 Å². The SMILES string of the molecule is O=C(C[C@@H]1SC(=Nc2ccc3c(c2)OCCO3)NC1=O)Nc1ccc(Cl)c(Cl)c1. The zero-order valence-corrected chi connectivity index (χ0v) is 17.2. The monoisotopic (exact) mass is 451 g/mol. The Morgan fingerprint density at radius 3 is 2.72 bits per heavy atom. The number of amidine groups is 1. The molecule has 7 nitrogen and oxygen atoms in total. The molecule has 0 aliphatic carbocycles. The molecule has 0 unspecified atom stereocenters. The summed E-state index contributed by atoms with van der Waals surface area (Å²) in [6.45, 7) is 0.993. The van der Waals surface area contributed by atoms with Gasteiger partial charge in [-0.15, -0.1) is 0 Å². The number of carbonyl (C=O) groups is 2. The molecule has 2 amide bonds. The first-order chi connectivity index (χ1) is 14.0. The quantitative estimate of drug-likeness (QED) is 0.732. The van der Waals surface area contributed by atoms with Crippen LogP contribution in [0.4, 0.5) is 11.4 Å². The van der Waals surface area contributed by atoms with E-state index in [0.29, 0.717) is 51.3 Å². The van der Waals surface area contributed by atoms with Gasteiger partial charge in [0.15, 0.2) is 16.7 Å². The van der Waals surface area contributed by atoms with E-state index in [-0.39, 0.29) is 18.2 Å². The van der Waals surface area contributed by atoms with Crippen LogP contribution in [0.25, 0.3) is 0 Å². The van der Waals surface area contributed by atoms with Gasteiger partial charge in [-0.25, -0.2) is 4.99 Å². The third-order valence-electron chi connectivity index (χ3n) is 4.11. The van der Waals surface area contributed by atoms with Gasteiger partial charge in [0.25, 0.3) is 0 Å². The molecule has 4 rings (SSSR count). The summed E-state index contributed by atoms with van der Waals surface area (Å²) in [4.78, 5) is 28.9. The van der Waals surface area contributed by atoms with Crippen LogP contribution in [0.2, 0.25) is 10.0 Å². The molecule has 1 saturated heterocycles. The summed E-state index contributed by atoms with van der Waals surface area (Å²) in [5.74, 6) is 0.706. The van der Waals surface area contributed by atoms with Gasteiger partial charge in [-0.05, 0) is 30.3 Å². The second-order valence-electron chi connectivity index (χ2n) is 6.22. The van der Waals surface area contributed by atoms with Crippen molar-refractivity contribution in [3.05, 3.63) is 46.4 Å². The maximum atomic E-state index is 12.3. The minimum atomic E-state index is -0.575.